The quantitative estimate of drug-likeness (QED) is 0.600. The van der Waals surface area contributed by atoms with Crippen LogP contribution in [0.15, 0.2) is 29.2 Å². The lowest BCUT2D eigenvalue weighted by Crippen LogP contribution is -2.07. The minimum Gasteiger partial charge on any atom is -0.330 e. The van der Waals surface area contributed by atoms with Crippen LogP contribution in [0.4, 0.5) is 4.39 Å². The maximum Gasteiger partial charge on any atom is 0.136 e. The molecule has 0 saturated carbocycles. The van der Waals surface area contributed by atoms with Gasteiger partial charge in [-0.3, -0.25) is 0 Å². The van der Waals surface area contributed by atoms with Gasteiger partial charge in [-0.05, 0) is 25.1 Å². The van der Waals surface area contributed by atoms with Crippen LogP contribution in [-0.2, 0) is 0 Å². The molecule has 0 heterocycles. The van der Waals surface area contributed by atoms with Crippen LogP contribution in [0.5, 0.6) is 0 Å². The Morgan fingerprint density at radius 2 is 2.06 bits per heavy atom. The zero-order chi connectivity index (χ0) is 11.8. The molecule has 0 aliphatic heterocycles. The molecule has 0 aliphatic carbocycles. The van der Waals surface area contributed by atoms with Crippen LogP contribution in [0.3, 0.4) is 0 Å². The van der Waals surface area contributed by atoms with E-state index in [9.17, 15) is 4.39 Å². The van der Waals surface area contributed by atoms with Crippen molar-refractivity contribution in [2.75, 3.05) is 18.1 Å². The van der Waals surface area contributed by atoms with E-state index in [1.807, 2.05) is 23.9 Å². The largest absolute Gasteiger partial charge is 0.330 e. The second kappa shape index (κ2) is 7.98. The molecule has 1 atom stereocenters. The standard InChI is InChI=1S/C12H18FNS2/c1-10(6-7-14)15-8-9-16-12-5-3-2-4-11(12)13/h2-5,10H,6-9,14H2,1H3. The van der Waals surface area contributed by atoms with Gasteiger partial charge in [0.15, 0.2) is 0 Å². The van der Waals surface area contributed by atoms with Crippen molar-refractivity contribution in [3.63, 3.8) is 0 Å². The van der Waals surface area contributed by atoms with Crippen molar-refractivity contribution in [2.45, 2.75) is 23.5 Å². The summed E-state index contributed by atoms with van der Waals surface area (Å²) in [5.41, 5.74) is 5.48. The maximum atomic E-state index is 13.3. The maximum absolute atomic E-state index is 13.3. The van der Waals surface area contributed by atoms with Crippen molar-refractivity contribution in [3.05, 3.63) is 30.1 Å². The lowest BCUT2D eigenvalue weighted by atomic mass is 10.3. The third-order valence-corrected chi connectivity index (χ3v) is 4.71. The van der Waals surface area contributed by atoms with Gasteiger partial charge in [-0.1, -0.05) is 19.1 Å². The third kappa shape index (κ3) is 5.23. The molecule has 1 aromatic carbocycles. The minimum absolute atomic E-state index is 0.118. The van der Waals surface area contributed by atoms with Gasteiger partial charge in [-0.25, -0.2) is 4.39 Å². The first-order valence-electron chi connectivity index (χ1n) is 5.43. The summed E-state index contributed by atoms with van der Waals surface area (Å²) in [6, 6.07) is 6.92. The molecule has 16 heavy (non-hydrogen) atoms. The van der Waals surface area contributed by atoms with Gasteiger partial charge in [0.25, 0.3) is 0 Å². The minimum atomic E-state index is -0.118. The van der Waals surface area contributed by atoms with Gasteiger partial charge in [0, 0.05) is 21.7 Å². The van der Waals surface area contributed by atoms with E-state index in [2.05, 4.69) is 6.92 Å². The summed E-state index contributed by atoms with van der Waals surface area (Å²) < 4.78 is 13.3. The molecule has 0 spiro atoms. The van der Waals surface area contributed by atoms with Gasteiger partial charge < -0.3 is 5.73 Å². The molecule has 1 unspecified atom stereocenters. The molecular formula is C12H18FNS2. The zero-order valence-corrected chi connectivity index (χ0v) is 11.1. The number of rotatable bonds is 7. The van der Waals surface area contributed by atoms with E-state index >= 15 is 0 Å². The first-order chi connectivity index (χ1) is 7.74. The lowest BCUT2D eigenvalue weighted by molar-refractivity contribution is 0.602. The Bertz CT molecular complexity index is 307. The summed E-state index contributed by atoms with van der Waals surface area (Å²) in [6.07, 6.45) is 1.05. The van der Waals surface area contributed by atoms with E-state index < -0.39 is 0 Å². The second-order valence-corrected chi connectivity index (χ2v) is 6.22. The molecule has 90 valence electrons. The number of nitrogens with two attached hydrogens (primary N) is 1. The zero-order valence-electron chi connectivity index (χ0n) is 9.49. The molecule has 0 amide bonds. The summed E-state index contributed by atoms with van der Waals surface area (Å²) in [5, 5.41) is 0.603. The fraction of sp³-hybridized carbons (Fsp3) is 0.500. The van der Waals surface area contributed by atoms with E-state index in [1.165, 1.54) is 6.07 Å². The fourth-order valence-electron chi connectivity index (χ4n) is 1.28. The van der Waals surface area contributed by atoms with Crippen molar-refractivity contribution in [1.29, 1.82) is 0 Å². The third-order valence-electron chi connectivity index (χ3n) is 2.15. The van der Waals surface area contributed by atoms with Crippen molar-refractivity contribution >= 4 is 23.5 Å². The van der Waals surface area contributed by atoms with Gasteiger partial charge in [-0.2, -0.15) is 11.8 Å². The highest BCUT2D eigenvalue weighted by Gasteiger charge is 2.03. The Labute approximate surface area is 105 Å². The molecule has 0 saturated heterocycles. The number of benzene rings is 1. The van der Waals surface area contributed by atoms with Crippen LogP contribution in [0.2, 0.25) is 0 Å². The van der Waals surface area contributed by atoms with E-state index in [0.717, 1.165) is 29.4 Å². The molecule has 0 aromatic heterocycles. The molecule has 0 bridgehead atoms. The highest BCUT2D eigenvalue weighted by Crippen LogP contribution is 2.23. The van der Waals surface area contributed by atoms with Crippen molar-refractivity contribution in [2.24, 2.45) is 5.73 Å². The Morgan fingerprint density at radius 1 is 1.31 bits per heavy atom. The Hall–Kier alpha value is -0.190. The predicted octanol–water partition coefficient (Wildman–Crippen LogP) is 3.39. The SMILES string of the molecule is CC(CCN)SCCSc1ccccc1F. The van der Waals surface area contributed by atoms with Crippen LogP contribution >= 0.6 is 23.5 Å². The molecule has 0 radical (unpaired) electrons. The molecule has 1 aromatic rings. The molecular weight excluding hydrogens is 241 g/mol. The van der Waals surface area contributed by atoms with E-state index in [0.29, 0.717) is 5.25 Å². The summed E-state index contributed by atoms with van der Waals surface area (Å²) >= 11 is 3.48. The Balaban J connectivity index is 2.19. The van der Waals surface area contributed by atoms with Gasteiger partial charge in [-0.15, -0.1) is 11.8 Å². The Kier molecular flexibility index (Phi) is 6.92. The van der Waals surface area contributed by atoms with Gasteiger partial charge in [0.2, 0.25) is 0 Å². The smallest absolute Gasteiger partial charge is 0.136 e. The summed E-state index contributed by atoms with van der Waals surface area (Å²) in [6.45, 7) is 2.93. The molecule has 4 heteroatoms. The van der Waals surface area contributed by atoms with Gasteiger partial charge >= 0.3 is 0 Å². The van der Waals surface area contributed by atoms with Crippen LogP contribution in [0.1, 0.15) is 13.3 Å². The average Bonchev–Trinajstić information content (AvgIpc) is 2.27. The lowest BCUT2D eigenvalue weighted by Gasteiger charge is -2.09. The Morgan fingerprint density at radius 3 is 2.75 bits per heavy atom. The number of hydrogen-bond donors (Lipinski definition) is 1. The molecule has 0 aliphatic rings. The number of halogens is 1. The van der Waals surface area contributed by atoms with Crippen LogP contribution < -0.4 is 5.73 Å². The molecule has 1 rings (SSSR count). The number of thioether (sulfide) groups is 2. The van der Waals surface area contributed by atoms with E-state index in [1.54, 1.807) is 17.8 Å². The first kappa shape index (κ1) is 13.9. The van der Waals surface area contributed by atoms with E-state index in [-0.39, 0.29) is 5.82 Å². The topological polar surface area (TPSA) is 26.0 Å². The fourth-order valence-corrected chi connectivity index (χ4v) is 3.30. The summed E-state index contributed by atoms with van der Waals surface area (Å²) in [7, 11) is 0. The normalized spacial score (nSPS) is 12.7. The predicted molar refractivity (Wildman–Crippen MR) is 72.7 cm³/mol. The first-order valence-corrected chi connectivity index (χ1v) is 7.46. The van der Waals surface area contributed by atoms with Crippen LogP contribution in [0, 0.1) is 5.82 Å². The summed E-state index contributed by atoms with van der Waals surface area (Å²) in [5.74, 6) is 1.87. The van der Waals surface area contributed by atoms with Crippen LogP contribution in [-0.4, -0.2) is 23.3 Å². The molecule has 2 N–H and O–H groups in total. The van der Waals surface area contributed by atoms with Crippen LogP contribution in [0.25, 0.3) is 0 Å². The molecule has 0 fully saturated rings. The summed E-state index contributed by atoms with van der Waals surface area (Å²) in [4.78, 5) is 0.745. The van der Waals surface area contributed by atoms with Crippen molar-refractivity contribution < 1.29 is 4.39 Å². The molecule has 1 nitrogen and oxygen atoms in total. The highest BCUT2D eigenvalue weighted by molar-refractivity contribution is 8.03. The van der Waals surface area contributed by atoms with Gasteiger partial charge in [0.05, 0.1) is 0 Å². The second-order valence-electron chi connectivity index (χ2n) is 3.54. The monoisotopic (exact) mass is 259 g/mol. The van der Waals surface area contributed by atoms with Crippen molar-refractivity contribution in [3.8, 4) is 0 Å². The van der Waals surface area contributed by atoms with Crippen molar-refractivity contribution in [1.82, 2.24) is 0 Å². The average molecular weight is 259 g/mol. The highest BCUT2D eigenvalue weighted by atomic mass is 32.2. The van der Waals surface area contributed by atoms with E-state index in [4.69, 9.17) is 5.73 Å². The van der Waals surface area contributed by atoms with Gasteiger partial charge in [0.1, 0.15) is 5.82 Å². The number of hydrogen-bond acceptors (Lipinski definition) is 3.